The van der Waals surface area contributed by atoms with Gasteiger partial charge in [0.2, 0.25) is 0 Å². The largest absolute Gasteiger partial charge is 0.337 e. The fraction of sp³-hybridized carbons (Fsp3) is 0.450. The van der Waals surface area contributed by atoms with E-state index in [0.29, 0.717) is 24.4 Å². The average molecular weight is 378 g/mol. The van der Waals surface area contributed by atoms with Crippen molar-refractivity contribution in [3.05, 3.63) is 57.7 Å². The number of amides is 1. The maximum atomic E-state index is 12.8. The topological polar surface area (TPSA) is 96.2 Å². The summed E-state index contributed by atoms with van der Waals surface area (Å²) in [6.45, 7) is 1.30. The van der Waals surface area contributed by atoms with Crippen LogP contribution in [0.25, 0.3) is 5.65 Å². The predicted octanol–water partition coefficient (Wildman–Crippen LogP) is 1.71. The average Bonchev–Trinajstić information content (AvgIpc) is 3.19. The Morgan fingerprint density at radius 1 is 1.18 bits per heavy atom. The van der Waals surface area contributed by atoms with Crippen molar-refractivity contribution in [2.24, 2.45) is 0 Å². The number of likely N-dealkylation sites (tertiary alicyclic amines) is 1. The number of H-pyrrole nitrogens is 1. The summed E-state index contributed by atoms with van der Waals surface area (Å²) < 4.78 is 1.57. The van der Waals surface area contributed by atoms with Gasteiger partial charge in [0.25, 0.3) is 11.5 Å². The summed E-state index contributed by atoms with van der Waals surface area (Å²) in [6, 6.07) is 1.97. The summed E-state index contributed by atoms with van der Waals surface area (Å²) in [5, 5.41) is 3.26. The second-order valence-corrected chi connectivity index (χ2v) is 7.64. The smallest absolute Gasteiger partial charge is 0.276 e. The molecule has 1 fully saturated rings. The van der Waals surface area contributed by atoms with Crippen LogP contribution in [0.15, 0.2) is 29.5 Å². The molecule has 144 valence electrons. The van der Waals surface area contributed by atoms with Crippen LogP contribution in [0.2, 0.25) is 0 Å². The summed E-state index contributed by atoms with van der Waals surface area (Å²) >= 11 is 0. The lowest BCUT2D eigenvalue weighted by atomic mass is 9.94. The van der Waals surface area contributed by atoms with Gasteiger partial charge in [0.15, 0.2) is 5.65 Å². The molecule has 28 heavy (non-hydrogen) atoms. The van der Waals surface area contributed by atoms with Crippen molar-refractivity contribution in [3.63, 3.8) is 0 Å². The molecule has 1 saturated heterocycles. The molecule has 3 aromatic rings. The molecule has 0 bridgehead atoms. The molecule has 1 amide bonds. The lowest BCUT2D eigenvalue weighted by Gasteiger charge is -2.31. The van der Waals surface area contributed by atoms with Gasteiger partial charge in [-0.05, 0) is 38.5 Å². The Kier molecular flexibility index (Phi) is 4.18. The van der Waals surface area contributed by atoms with Crippen molar-refractivity contribution in [3.8, 4) is 0 Å². The number of aromatic amines is 1. The molecule has 0 spiro atoms. The van der Waals surface area contributed by atoms with Crippen LogP contribution >= 0.6 is 0 Å². The van der Waals surface area contributed by atoms with Crippen molar-refractivity contribution in [2.75, 3.05) is 13.1 Å². The number of aryl methyl sites for hydroxylation is 1. The quantitative estimate of drug-likeness (QED) is 0.732. The van der Waals surface area contributed by atoms with E-state index < -0.39 is 0 Å². The van der Waals surface area contributed by atoms with Gasteiger partial charge in [0.05, 0.1) is 11.9 Å². The standard InChI is InChI=1S/C20H22N6O2/c27-19-14-5-1-2-6-15(14)23-18-10-16(24-26(18)19)13-4-3-9-25(12-13)20(28)17-11-21-7-8-22-17/h7-8,10-11,13,24H,1-6,9,12H2. The van der Waals surface area contributed by atoms with Gasteiger partial charge in [-0.3, -0.25) is 19.7 Å². The van der Waals surface area contributed by atoms with E-state index in [4.69, 9.17) is 4.98 Å². The van der Waals surface area contributed by atoms with Gasteiger partial charge in [-0.2, -0.15) is 0 Å². The molecule has 2 aliphatic rings. The number of nitrogens with zero attached hydrogens (tertiary/aromatic N) is 5. The highest BCUT2D eigenvalue weighted by Crippen LogP contribution is 2.27. The summed E-state index contributed by atoms with van der Waals surface area (Å²) in [4.78, 5) is 40.2. The van der Waals surface area contributed by atoms with Crippen molar-refractivity contribution in [1.29, 1.82) is 0 Å². The molecule has 1 unspecified atom stereocenters. The van der Waals surface area contributed by atoms with Crippen LogP contribution in [0.4, 0.5) is 0 Å². The number of carbonyl (C=O) groups excluding carboxylic acids is 1. The van der Waals surface area contributed by atoms with Crippen LogP contribution in [0, 0.1) is 0 Å². The first-order valence-electron chi connectivity index (χ1n) is 9.89. The van der Waals surface area contributed by atoms with Crippen LogP contribution < -0.4 is 5.56 Å². The molecule has 3 aromatic heterocycles. The number of rotatable bonds is 2. The van der Waals surface area contributed by atoms with Crippen molar-refractivity contribution >= 4 is 11.6 Å². The first-order chi connectivity index (χ1) is 13.7. The van der Waals surface area contributed by atoms with E-state index in [2.05, 4.69) is 15.1 Å². The van der Waals surface area contributed by atoms with E-state index >= 15 is 0 Å². The molecule has 0 saturated carbocycles. The molecule has 1 N–H and O–H groups in total. The molecule has 1 atom stereocenters. The maximum absolute atomic E-state index is 12.8. The minimum Gasteiger partial charge on any atom is -0.337 e. The highest BCUT2D eigenvalue weighted by molar-refractivity contribution is 5.92. The Bertz CT molecular complexity index is 1090. The van der Waals surface area contributed by atoms with Crippen molar-refractivity contribution in [2.45, 2.75) is 44.4 Å². The highest BCUT2D eigenvalue weighted by Gasteiger charge is 2.28. The zero-order valence-electron chi connectivity index (χ0n) is 15.6. The minimum atomic E-state index is -0.0975. The summed E-state index contributed by atoms with van der Waals surface area (Å²) in [5.41, 5.74) is 3.83. The summed E-state index contributed by atoms with van der Waals surface area (Å²) in [6.07, 6.45) is 10.3. The first kappa shape index (κ1) is 17.1. The summed E-state index contributed by atoms with van der Waals surface area (Å²) in [5.74, 6) is 0.0483. The Morgan fingerprint density at radius 3 is 2.93 bits per heavy atom. The van der Waals surface area contributed by atoms with Gasteiger partial charge >= 0.3 is 0 Å². The number of hydrogen-bond donors (Lipinski definition) is 1. The molecule has 8 heteroatoms. The van der Waals surface area contributed by atoms with Crippen molar-refractivity contribution in [1.82, 2.24) is 29.5 Å². The van der Waals surface area contributed by atoms with E-state index in [9.17, 15) is 9.59 Å². The van der Waals surface area contributed by atoms with Crippen LogP contribution in [0.1, 0.15) is 59.0 Å². The Labute approximate surface area is 161 Å². The number of fused-ring (bicyclic) bond motifs is 2. The third-order valence-electron chi connectivity index (χ3n) is 5.83. The molecule has 5 rings (SSSR count). The third kappa shape index (κ3) is 2.89. The summed E-state index contributed by atoms with van der Waals surface area (Å²) in [7, 11) is 0. The van der Waals surface area contributed by atoms with Gasteiger partial charge in [-0.1, -0.05) is 0 Å². The molecule has 4 heterocycles. The molecule has 0 aromatic carbocycles. The second kappa shape index (κ2) is 6.85. The van der Waals surface area contributed by atoms with Crippen LogP contribution in [-0.4, -0.2) is 48.5 Å². The monoisotopic (exact) mass is 378 g/mol. The van der Waals surface area contributed by atoms with Crippen LogP contribution in [0.3, 0.4) is 0 Å². The SMILES string of the molecule is O=C(c1cnccn1)N1CCCC(c2cc3nc4c(c(=O)n3[nH]2)CCCC4)C1. The lowest BCUT2D eigenvalue weighted by molar-refractivity contribution is 0.0699. The van der Waals surface area contributed by atoms with E-state index in [-0.39, 0.29) is 17.4 Å². The minimum absolute atomic E-state index is 0.0225. The van der Waals surface area contributed by atoms with Crippen LogP contribution in [-0.2, 0) is 12.8 Å². The van der Waals surface area contributed by atoms with Gasteiger partial charge < -0.3 is 4.90 Å². The highest BCUT2D eigenvalue weighted by atomic mass is 16.2. The van der Waals surface area contributed by atoms with Crippen LogP contribution in [0.5, 0.6) is 0 Å². The van der Waals surface area contributed by atoms with E-state index in [0.717, 1.165) is 55.5 Å². The normalized spacial score (nSPS) is 19.6. The zero-order valence-corrected chi connectivity index (χ0v) is 15.6. The maximum Gasteiger partial charge on any atom is 0.276 e. The number of piperidine rings is 1. The number of hydrogen-bond acceptors (Lipinski definition) is 5. The van der Waals surface area contributed by atoms with E-state index in [1.165, 1.54) is 12.4 Å². The third-order valence-corrected chi connectivity index (χ3v) is 5.83. The fourth-order valence-electron chi connectivity index (χ4n) is 4.37. The van der Waals surface area contributed by atoms with Gasteiger partial charge in [0.1, 0.15) is 5.69 Å². The number of nitrogens with one attached hydrogen (secondary N) is 1. The molecule has 0 radical (unpaired) electrons. The molecular weight excluding hydrogens is 356 g/mol. The van der Waals surface area contributed by atoms with Gasteiger partial charge in [-0.15, -0.1) is 0 Å². The number of carbonyl (C=O) groups is 1. The molecule has 1 aliphatic carbocycles. The zero-order chi connectivity index (χ0) is 19.1. The number of aromatic nitrogens is 5. The second-order valence-electron chi connectivity index (χ2n) is 7.64. The van der Waals surface area contributed by atoms with E-state index in [1.54, 1.807) is 10.7 Å². The van der Waals surface area contributed by atoms with Gasteiger partial charge in [0, 0.05) is 48.7 Å². The van der Waals surface area contributed by atoms with E-state index in [1.807, 2.05) is 11.0 Å². The molecule has 8 nitrogen and oxygen atoms in total. The Hall–Kier alpha value is -3.03. The molecule has 1 aliphatic heterocycles. The van der Waals surface area contributed by atoms with Gasteiger partial charge in [-0.25, -0.2) is 14.5 Å². The predicted molar refractivity (Wildman–Crippen MR) is 102 cm³/mol. The molecular formula is C20H22N6O2. The van der Waals surface area contributed by atoms with Crippen molar-refractivity contribution < 1.29 is 4.79 Å². The Morgan fingerprint density at radius 2 is 2.07 bits per heavy atom. The first-order valence-corrected chi connectivity index (χ1v) is 9.89. The fourth-order valence-corrected chi connectivity index (χ4v) is 4.37. The Balaban J connectivity index is 1.44. The lowest BCUT2D eigenvalue weighted by Crippen LogP contribution is -2.39.